The van der Waals surface area contributed by atoms with Crippen LogP contribution in [0, 0.1) is 5.82 Å². The Bertz CT molecular complexity index is 654. The molecule has 0 saturated heterocycles. The predicted octanol–water partition coefficient (Wildman–Crippen LogP) is 1.68. The summed E-state index contributed by atoms with van der Waals surface area (Å²) in [7, 11) is 1.40. The van der Waals surface area contributed by atoms with E-state index in [9.17, 15) is 9.18 Å². The number of hydrogen-bond donors (Lipinski definition) is 2. The van der Waals surface area contributed by atoms with Crippen LogP contribution in [0.2, 0.25) is 0 Å². The summed E-state index contributed by atoms with van der Waals surface area (Å²) >= 11 is 0. The number of nitrogen functional groups attached to an aromatic ring is 1. The Hall–Kier alpha value is -2.31. The van der Waals surface area contributed by atoms with Gasteiger partial charge >= 0.3 is 0 Å². The van der Waals surface area contributed by atoms with Crippen molar-refractivity contribution < 1.29 is 13.9 Å². The Balaban J connectivity index is 2.23. The molecular weight excluding hydrogens is 275 g/mol. The van der Waals surface area contributed by atoms with Gasteiger partial charge in [0.1, 0.15) is 0 Å². The fraction of sp³-hybridized carbons (Fsp3) is 0.429. The molecule has 2 rings (SSSR count). The minimum absolute atomic E-state index is 0.0489. The first-order chi connectivity index (χ1) is 10.1. The topological polar surface area (TPSA) is 82.2 Å². The van der Waals surface area contributed by atoms with Crippen LogP contribution in [0.4, 0.5) is 10.3 Å². The van der Waals surface area contributed by atoms with Gasteiger partial charge in [-0.15, -0.1) is 0 Å². The number of amides is 1. The zero-order valence-corrected chi connectivity index (χ0v) is 12.1. The molecule has 3 N–H and O–H groups in total. The number of rotatable bonds is 6. The van der Waals surface area contributed by atoms with E-state index in [4.69, 9.17) is 10.5 Å². The second-order valence-electron chi connectivity index (χ2n) is 4.70. The number of halogens is 1. The van der Waals surface area contributed by atoms with Crippen molar-refractivity contribution in [3.63, 3.8) is 0 Å². The number of anilines is 1. The minimum Gasteiger partial charge on any atom is -0.494 e. The van der Waals surface area contributed by atoms with Crippen LogP contribution in [-0.2, 0) is 11.3 Å². The fourth-order valence-electron chi connectivity index (χ4n) is 2.10. The maximum Gasteiger partial charge on any atom is 0.221 e. The minimum atomic E-state index is -0.490. The van der Waals surface area contributed by atoms with Gasteiger partial charge in [0, 0.05) is 31.6 Å². The van der Waals surface area contributed by atoms with Crippen LogP contribution in [-0.4, -0.2) is 29.1 Å². The summed E-state index contributed by atoms with van der Waals surface area (Å²) in [6.07, 6.45) is 1.17. The summed E-state index contributed by atoms with van der Waals surface area (Å²) in [5.41, 5.74) is 6.93. The van der Waals surface area contributed by atoms with E-state index in [2.05, 4.69) is 10.3 Å². The zero-order valence-electron chi connectivity index (χ0n) is 12.1. The highest BCUT2D eigenvalue weighted by Crippen LogP contribution is 2.26. The number of aryl methyl sites for hydroxylation is 1. The number of aromatic nitrogens is 2. The lowest BCUT2D eigenvalue weighted by Crippen LogP contribution is -2.25. The highest BCUT2D eigenvalue weighted by molar-refractivity contribution is 5.81. The third-order valence-corrected chi connectivity index (χ3v) is 3.19. The summed E-state index contributed by atoms with van der Waals surface area (Å²) in [6, 6.07) is 2.82. The molecule has 0 aliphatic heterocycles. The molecule has 0 spiro atoms. The highest BCUT2D eigenvalue weighted by Gasteiger charge is 2.13. The Morgan fingerprint density at radius 3 is 2.95 bits per heavy atom. The number of carbonyl (C=O) groups is 1. The van der Waals surface area contributed by atoms with E-state index in [0.29, 0.717) is 24.1 Å². The standard InChI is InChI=1S/C14H19FN4O2/c1-3-5-17-13(20)4-6-19-11-8-12(21-2)9(15)7-10(11)18-14(19)16/h7-8H,3-6H2,1-2H3,(H2,16,18)(H,17,20). The molecule has 1 aromatic carbocycles. The lowest BCUT2D eigenvalue weighted by Gasteiger charge is -2.08. The van der Waals surface area contributed by atoms with E-state index in [1.165, 1.54) is 19.2 Å². The largest absolute Gasteiger partial charge is 0.494 e. The maximum atomic E-state index is 13.6. The maximum absolute atomic E-state index is 13.6. The van der Waals surface area contributed by atoms with Gasteiger partial charge in [-0.25, -0.2) is 9.37 Å². The lowest BCUT2D eigenvalue weighted by molar-refractivity contribution is -0.121. The molecule has 1 aromatic heterocycles. The first kappa shape index (κ1) is 15.1. The van der Waals surface area contributed by atoms with Crippen LogP contribution in [0.25, 0.3) is 11.0 Å². The number of hydrogen-bond acceptors (Lipinski definition) is 4. The molecule has 0 atom stereocenters. The van der Waals surface area contributed by atoms with Gasteiger partial charge in [0.05, 0.1) is 18.1 Å². The summed E-state index contributed by atoms with van der Waals surface area (Å²) in [4.78, 5) is 15.8. The molecule has 0 aliphatic carbocycles. The molecule has 0 bridgehead atoms. The third kappa shape index (κ3) is 3.24. The number of fused-ring (bicyclic) bond motifs is 1. The Kier molecular flexibility index (Phi) is 4.62. The molecule has 1 heterocycles. The molecule has 1 amide bonds. The van der Waals surface area contributed by atoms with Crippen LogP contribution in [0.5, 0.6) is 5.75 Å². The number of imidazole rings is 1. The molecule has 0 unspecified atom stereocenters. The van der Waals surface area contributed by atoms with Gasteiger partial charge in [0.25, 0.3) is 0 Å². The molecule has 0 aliphatic rings. The Morgan fingerprint density at radius 2 is 2.29 bits per heavy atom. The Morgan fingerprint density at radius 1 is 1.52 bits per heavy atom. The summed E-state index contributed by atoms with van der Waals surface area (Å²) < 4.78 is 20.3. The number of ether oxygens (including phenoxy) is 1. The van der Waals surface area contributed by atoms with E-state index in [1.807, 2.05) is 6.92 Å². The second kappa shape index (κ2) is 6.43. The fourth-order valence-corrected chi connectivity index (χ4v) is 2.10. The molecule has 6 nitrogen and oxygen atoms in total. The number of benzene rings is 1. The van der Waals surface area contributed by atoms with Gasteiger partial charge in [-0.05, 0) is 6.42 Å². The average Bonchev–Trinajstić information content (AvgIpc) is 2.76. The summed E-state index contributed by atoms with van der Waals surface area (Å²) in [5, 5.41) is 2.80. The van der Waals surface area contributed by atoms with Gasteiger partial charge < -0.3 is 20.4 Å². The number of methoxy groups -OCH3 is 1. The van der Waals surface area contributed by atoms with Crippen molar-refractivity contribution in [2.75, 3.05) is 19.4 Å². The molecule has 7 heteroatoms. The molecule has 2 aromatic rings. The van der Waals surface area contributed by atoms with Gasteiger partial charge in [0.2, 0.25) is 11.9 Å². The second-order valence-corrected chi connectivity index (χ2v) is 4.70. The first-order valence-electron chi connectivity index (χ1n) is 6.82. The molecule has 0 fully saturated rings. The summed E-state index contributed by atoms with van der Waals surface area (Å²) in [5.74, 6) is -0.164. The average molecular weight is 294 g/mol. The van der Waals surface area contributed by atoms with E-state index in [1.54, 1.807) is 4.57 Å². The molecule has 0 radical (unpaired) electrons. The highest BCUT2D eigenvalue weighted by atomic mass is 19.1. The van der Waals surface area contributed by atoms with Crippen LogP contribution >= 0.6 is 0 Å². The summed E-state index contributed by atoms with van der Waals surface area (Å²) in [6.45, 7) is 3.02. The van der Waals surface area contributed by atoms with E-state index in [-0.39, 0.29) is 24.0 Å². The molecular formula is C14H19FN4O2. The van der Waals surface area contributed by atoms with Crippen LogP contribution in [0.3, 0.4) is 0 Å². The number of nitrogens with zero attached hydrogens (tertiary/aromatic N) is 2. The smallest absolute Gasteiger partial charge is 0.221 e. The Labute approximate surface area is 122 Å². The number of nitrogens with one attached hydrogen (secondary N) is 1. The first-order valence-corrected chi connectivity index (χ1v) is 6.82. The third-order valence-electron chi connectivity index (χ3n) is 3.19. The van der Waals surface area contributed by atoms with Crippen molar-refractivity contribution in [1.82, 2.24) is 14.9 Å². The van der Waals surface area contributed by atoms with Gasteiger partial charge in [0.15, 0.2) is 11.6 Å². The van der Waals surface area contributed by atoms with E-state index < -0.39 is 5.82 Å². The lowest BCUT2D eigenvalue weighted by atomic mass is 10.2. The van der Waals surface area contributed by atoms with Crippen molar-refractivity contribution in [2.24, 2.45) is 0 Å². The van der Waals surface area contributed by atoms with E-state index in [0.717, 1.165) is 6.42 Å². The van der Waals surface area contributed by atoms with Crippen LogP contribution in [0.1, 0.15) is 19.8 Å². The van der Waals surface area contributed by atoms with Crippen molar-refractivity contribution in [3.8, 4) is 5.75 Å². The van der Waals surface area contributed by atoms with Gasteiger partial charge in [-0.3, -0.25) is 4.79 Å². The normalized spacial score (nSPS) is 10.8. The van der Waals surface area contributed by atoms with Crippen molar-refractivity contribution in [1.29, 1.82) is 0 Å². The molecule has 0 saturated carbocycles. The van der Waals surface area contributed by atoms with Crippen LogP contribution in [0.15, 0.2) is 12.1 Å². The van der Waals surface area contributed by atoms with Gasteiger partial charge in [-0.1, -0.05) is 6.92 Å². The monoisotopic (exact) mass is 294 g/mol. The van der Waals surface area contributed by atoms with Crippen molar-refractivity contribution >= 4 is 22.9 Å². The number of nitrogens with two attached hydrogens (primary N) is 1. The quantitative estimate of drug-likeness (QED) is 0.849. The zero-order chi connectivity index (χ0) is 15.4. The van der Waals surface area contributed by atoms with Crippen LogP contribution < -0.4 is 15.8 Å². The molecule has 21 heavy (non-hydrogen) atoms. The predicted molar refractivity (Wildman–Crippen MR) is 78.6 cm³/mol. The SMILES string of the molecule is CCCNC(=O)CCn1c(N)nc2cc(F)c(OC)cc21. The van der Waals surface area contributed by atoms with Crippen molar-refractivity contribution in [2.45, 2.75) is 26.3 Å². The molecule has 114 valence electrons. The number of carbonyl (C=O) groups excluding carboxylic acids is 1. The van der Waals surface area contributed by atoms with Crippen molar-refractivity contribution in [3.05, 3.63) is 17.9 Å². The van der Waals surface area contributed by atoms with Gasteiger partial charge in [-0.2, -0.15) is 0 Å². The van der Waals surface area contributed by atoms with E-state index >= 15 is 0 Å².